The van der Waals surface area contributed by atoms with Crippen molar-refractivity contribution < 1.29 is 14.7 Å². The summed E-state index contributed by atoms with van der Waals surface area (Å²) in [4.78, 5) is 25.8. The lowest BCUT2D eigenvalue weighted by atomic mass is 9.90. The summed E-state index contributed by atoms with van der Waals surface area (Å²) in [6, 6.07) is 3.36. The number of likely N-dealkylation sites (tertiary alicyclic amines) is 1. The van der Waals surface area contributed by atoms with Gasteiger partial charge in [-0.3, -0.25) is 9.59 Å². The first kappa shape index (κ1) is 13.5. The van der Waals surface area contributed by atoms with Crippen LogP contribution in [0.2, 0.25) is 0 Å². The van der Waals surface area contributed by atoms with Gasteiger partial charge in [0.2, 0.25) is 0 Å². The second-order valence-electron chi connectivity index (χ2n) is 4.43. The predicted molar refractivity (Wildman–Crippen MR) is 72.9 cm³/mol. The summed E-state index contributed by atoms with van der Waals surface area (Å²) in [5.74, 6) is -1.33. The van der Waals surface area contributed by atoms with Crippen molar-refractivity contribution in [3.05, 3.63) is 20.8 Å². The van der Waals surface area contributed by atoms with E-state index in [1.165, 1.54) is 11.3 Å². The molecule has 2 rings (SSSR count). The van der Waals surface area contributed by atoms with E-state index in [2.05, 4.69) is 15.9 Å². The van der Waals surface area contributed by atoms with Crippen molar-refractivity contribution in [2.45, 2.75) is 25.8 Å². The molecule has 1 aromatic rings. The Morgan fingerprint density at radius 1 is 1.50 bits per heavy atom. The van der Waals surface area contributed by atoms with Crippen molar-refractivity contribution in [3.8, 4) is 0 Å². The van der Waals surface area contributed by atoms with E-state index in [0.29, 0.717) is 17.8 Å². The molecule has 1 aromatic heterocycles. The number of carbonyl (C=O) groups excluding carboxylic acids is 1. The summed E-state index contributed by atoms with van der Waals surface area (Å²) in [5, 5.41) is 9.14. The summed E-state index contributed by atoms with van der Waals surface area (Å²) in [6.07, 6.45) is 1.40. The van der Waals surface area contributed by atoms with Crippen molar-refractivity contribution in [1.82, 2.24) is 4.90 Å². The fourth-order valence-corrected chi connectivity index (χ4v) is 3.67. The number of rotatable bonds is 2. The molecule has 0 unspecified atom stereocenters. The van der Waals surface area contributed by atoms with Crippen LogP contribution in [0.1, 0.15) is 29.4 Å². The highest BCUT2D eigenvalue weighted by molar-refractivity contribution is 9.11. The van der Waals surface area contributed by atoms with Gasteiger partial charge in [-0.25, -0.2) is 0 Å². The normalized spacial score (nSPS) is 24.0. The Bertz CT molecular complexity index is 474. The van der Waals surface area contributed by atoms with Gasteiger partial charge in [0.15, 0.2) is 0 Å². The van der Waals surface area contributed by atoms with Crippen LogP contribution in [0.5, 0.6) is 0 Å². The van der Waals surface area contributed by atoms with Gasteiger partial charge < -0.3 is 10.0 Å². The number of aliphatic carboxylic acids is 1. The minimum absolute atomic E-state index is 0.0656. The molecule has 4 nitrogen and oxygen atoms in total. The molecule has 1 aliphatic heterocycles. The molecular weight excluding hydrogens is 318 g/mol. The average molecular weight is 332 g/mol. The van der Waals surface area contributed by atoms with Crippen LogP contribution in [-0.4, -0.2) is 34.5 Å². The van der Waals surface area contributed by atoms with Gasteiger partial charge >= 0.3 is 5.97 Å². The fraction of sp³-hybridized carbons (Fsp3) is 0.500. The van der Waals surface area contributed by atoms with E-state index in [0.717, 1.165) is 10.2 Å². The molecule has 1 amide bonds. The zero-order chi connectivity index (χ0) is 13.3. The summed E-state index contributed by atoms with van der Waals surface area (Å²) in [6.45, 7) is 2.46. The molecule has 98 valence electrons. The number of amides is 1. The lowest BCUT2D eigenvalue weighted by molar-refractivity contribution is -0.144. The van der Waals surface area contributed by atoms with Crippen LogP contribution in [0.4, 0.5) is 0 Å². The van der Waals surface area contributed by atoms with Crippen LogP contribution in [0, 0.1) is 5.92 Å². The standard InChI is InChI=1S/C12H14BrNO3S/c1-7-8(12(16)17)3-2-6-14(7)11(15)9-4-5-10(13)18-9/h4-5,7-8H,2-3,6H2,1H3,(H,16,17)/t7-,8-/m1/s1. The van der Waals surface area contributed by atoms with Crippen LogP contribution in [0.25, 0.3) is 0 Å². The maximum atomic E-state index is 12.3. The van der Waals surface area contributed by atoms with Gasteiger partial charge in [0.1, 0.15) is 0 Å². The minimum atomic E-state index is -0.813. The summed E-state index contributed by atoms with van der Waals surface area (Å²) in [7, 11) is 0. The van der Waals surface area contributed by atoms with Crippen LogP contribution >= 0.6 is 27.3 Å². The Morgan fingerprint density at radius 3 is 2.78 bits per heavy atom. The monoisotopic (exact) mass is 331 g/mol. The molecule has 18 heavy (non-hydrogen) atoms. The van der Waals surface area contributed by atoms with E-state index in [9.17, 15) is 9.59 Å². The molecule has 2 heterocycles. The third kappa shape index (κ3) is 2.59. The van der Waals surface area contributed by atoms with E-state index in [1.54, 1.807) is 11.0 Å². The van der Waals surface area contributed by atoms with Crippen LogP contribution < -0.4 is 0 Å². The fourth-order valence-electron chi connectivity index (χ4n) is 2.33. The first-order chi connectivity index (χ1) is 8.50. The minimum Gasteiger partial charge on any atom is -0.481 e. The Labute approximate surface area is 118 Å². The number of carboxylic acid groups (broad SMARTS) is 1. The molecule has 1 aliphatic rings. The maximum Gasteiger partial charge on any atom is 0.308 e. The lowest BCUT2D eigenvalue weighted by Crippen LogP contribution is -2.48. The molecule has 0 aliphatic carbocycles. The van der Waals surface area contributed by atoms with E-state index in [4.69, 9.17) is 5.11 Å². The Hall–Kier alpha value is -0.880. The SMILES string of the molecule is C[C@@H]1[C@H](C(=O)O)CCCN1C(=O)c1ccc(Br)s1. The van der Waals surface area contributed by atoms with Gasteiger partial charge in [-0.2, -0.15) is 0 Å². The van der Waals surface area contributed by atoms with Crippen molar-refractivity contribution in [3.63, 3.8) is 0 Å². The van der Waals surface area contributed by atoms with Crippen molar-refractivity contribution in [2.75, 3.05) is 6.54 Å². The van der Waals surface area contributed by atoms with Gasteiger partial charge in [0.25, 0.3) is 5.91 Å². The third-order valence-electron chi connectivity index (χ3n) is 3.35. The van der Waals surface area contributed by atoms with E-state index >= 15 is 0 Å². The lowest BCUT2D eigenvalue weighted by Gasteiger charge is -2.37. The molecule has 1 N–H and O–H groups in total. The number of carbonyl (C=O) groups is 2. The van der Waals surface area contributed by atoms with Gasteiger partial charge in [0, 0.05) is 12.6 Å². The van der Waals surface area contributed by atoms with Crippen LogP contribution in [-0.2, 0) is 4.79 Å². The zero-order valence-corrected chi connectivity index (χ0v) is 12.3. The number of thiophene rings is 1. The van der Waals surface area contributed by atoms with Gasteiger partial charge in [-0.1, -0.05) is 0 Å². The van der Waals surface area contributed by atoms with Crippen molar-refractivity contribution in [1.29, 1.82) is 0 Å². The molecule has 6 heteroatoms. The molecule has 0 aromatic carbocycles. The first-order valence-corrected chi connectivity index (χ1v) is 7.40. The summed E-state index contributed by atoms with van der Waals surface area (Å²) in [5.41, 5.74) is 0. The number of hydrogen-bond donors (Lipinski definition) is 1. The number of carboxylic acids is 1. The van der Waals surface area contributed by atoms with E-state index < -0.39 is 11.9 Å². The molecular formula is C12H14BrNO3S. The maximum absolute atomic E-state index is 12.3. The second-order valence-corrected chi connectivity index (χ2v) is 6.89. The molecule has 0 spiro atoms. The molecule has 1 fully saturated rings. The molecule has 0 radical (unpaired) electrons. The van der Waals surface area contributed by atoms with Crippen LogP contribution in [0.3, 0.4) is 0 Å². The highest BCUT2D eigenvalue weighted by Gasteiger charge is 2.35. The van der Waals surface area contributed by atoms with Gasteiger partial charge in [-0.15, -0.1) is 11.3 Å². The Morgan fingerprint density at radius 2 is 2.22 bits per heavy atom. The summed E-state index contributed by atoms with van der Waals surface area (Å²) >= 11 is 4.71. The first-order valence-electron chi connectivity index (χ1n) is 5.80. The Balaban J connectivity index is 2.17. The second kappa shape index (κ2) is 5.40. The zero-order valence-electron chi connectivity index (χ0n) is 9.93. The van der Waals surface area contributed by atoms with Gasteiger partial charge in [-0.05, 0) is 47.8 Å². The number of nitrogens with zero attached hydrogens (tertiary/aromatic N) is 1. The third-order valence-corrected chi connectivity index (χ3v) is 4.96. The van der Waals surface area contributed by atoms with Gasteiger partial charge in [0.05, 0.1) is 14.6 Å². The Kier molecular flexibility index (Phi) is 4.07. The molecule has 1 saturated heterocycles. The molecule has 0 bridgehead atoms. The highest BCUT2D eigenvalue weighted by atomic mass is 79.9. The summed E-state index contributed by atoms with van der Waals surface area (Å²) < 4.78 is 0.908. The topological polar surface area (TPSA) is 57.6 Å². The number of hydrogen-bond acceptors (Lipinski definition) is 3. The quantitative estimate of drug-likeness (QED) is 0.906. The number of piperidine rings is 1. The van der Waals surface area contributed by atoms with Crippen LogP contribution in [0.15, 0.2) is 15.9 Å². The largest absolute Gasteiger partial charge is 0.481 e. The van der Waals surface area contributed by atoms with Crippen molar-refractivity contribution in [2.24, 2.45) is 5.92 Å². The number of halogens is 1. The smallest absolute Gasteiger partial charge is 0.308 e. The predicted octanol–water partition coefficient (Wildman–Crippen LogP) is 2.84. The van der Waals surface area contributed by atoms with E-state index in [-0.39, 0.29) is 11.9 Å². The average Bonchev–Trinajstić information content (AvgIpc) is 2.75. The molecule has 2 atom stereocenters. The van der Waals surface area contributed by atoms with Crippen molar-refractivity contribution >= 4 is 39.1 Å². The van der Waals surface area contributed by atoms with E-state index in [1.807, 2.05) is 13.0 Å². The highest BCUT2D eigenvalue weighted by Crippen LogP contribution is 2.28. The molecule has 0 saturated carbocycles.